The molecule has 98 valence electrons. The molecule has 3 rings (SSSR count). The molecule has 4 heteroatoms. The number of aliphatic hydroxyl groups excluding tert-OH is 1. The number of rotatable bonds is 2. The van der Waals surface area contributed by atoms with Crippen molar-refractivity contribution < 1.29 is 9.50 Å². The van der Waals surface area contributed by atoms with E-state index in [0.717, 1.165) is 31.5 Å². The minimum absolute atomic E-state index is 0.111. The summed E-state index contributed by atoms with van der Waals surface area (Å²) in [6, 6.07) is 4.98. The topological polar surface area (TPSA) is 23.5 Å². The quantitative estimate of drug-likeness (QED) is 0.892. The number of hydrogen-bond acceptors (Lipinski definition) is 2. The van der Waals surface area contributed by atoms with Crippen LogP contribution in [0.4, 0.5) is 4.39 Å². The molecule has 1 unspecified atom stereocenters. The number of halogens is 2. The minimum Gasteiger partial charge on any atom is -0.393 e. The molecule has 0 aromatic heterocycles. The summed E-state index contributed by atoms with van der Waals surface area (Å²) in [5.41, 5.74) is 0.859. The summed E-state index contributed by atoms with van der Waals surface area (Å²) in [5.74, 6) is 0.864. The van der Waals surface area contributed by atoms with Gasteiger partial charge in [-0.25, -0.2) is 4.39 Å². The van der Waals surface area contributed by atoms with Gasteiger partial charge >= 0.3 is 0 Å². The standard InChI is InChI=1S/C14H17ClFNO/c15-14-9(2-1-3-13(14)16)6-17-7-10-4-12(18)5-11(10)8-17/h1-3,10-12,18H,4-8H2/t10-,11+,12?. The highest BCUT2D eigenvalue weighted by molar-refractivity contribution is 6.31. The Kier molecular flexibility index (Phi) is 3.31. The monoisotopic (exact) mass is 269 g/mol. The van der Waals surface area contributed by atoms with Crippen LogP contribution in [0.25, 0.3) is 0 Å². The third-order valence-electron chi connectivity index (χ3n) is 4.23. The smallest absolute Gasteiger partial charge is 0.142 e. The number of fused-ring (bicyclic) bond motifs is 1. The average Bonchev–Trinajstić information content (AvgIpc) is 2.81. The summed E-state index contributed by atoms with van der Waals surface area (Å²) in [4.78, 5) is 2.32. The highest BCUT2D eigenvalue weighted by Crippen LogP contribution is 2.38. The van der Waals surface area contributed by atoms with E-state index in [9.17, 15) is 9.50 Å². The zero-order valence-corrected chi connectivity index (χ0v) is 10.9. The SMILES string of the molecule is OC1C[C@@H]2CN(Cc3cccc(F)c3Cl)C[C@@H]2C1. The molecule has 1 N–H and O–H groups in total. The zero-order chi connectivity index (χ0) is 12.7. The highest BCUT2D eigenvalue weighted by Gasteiger charge is 2.40. The van der Waals surface area contributed by atoms with Crippen LogP contribution in [-0.4, -0.2) is 29.2 Å². The Hall–Kier alpha value is -0.640. The van der Waals surface area contributed by atoms with Gasteiger partial charge in [-0.2, -0.15) is 0 Å². The lowest BCUT2D eigenvalue weighted by molar-refractivity contribution is 0.161. The summed E-state index contributed by atoms with van der Waals surface area (Å²) in [7, 11) is 0. The summed E-state index contributed by atoms with van der Waals surface area (Å²) in [6.45, 7) is 2.70. The molecule has 3 atom stereocenters. The lowest BCUT2D eigenvalue weighted by Crippen LogP contribution is -2.22. The Morgan fingerprint density at radius 1 is 1.28 bits per heavy atom. The molecular formula is C14H17ClFNO. The zero-order valence-electron chi connectivity index (χ0n) is 10.1. The highest BCUT2D eigenvalue weighted by atomic mass is 35.5. The van der Waals surface area contributed by atoms with Crippen LogP contribution < -0.4 is 0 Å². The van der Waals surface area contributed by atoms with Crippen LogP contribution in [0.3, 0.4) is 0 Å². The van der Waals surface area contributed by atoms with Gasteiger partial charge in [0.1, 0.15) is 5.82 Å². The Morgan fingerprint density at radius 3 is 2.61 bits per heavy atom. The van der Waals surface area contributed by atoms with Crippen molar-refractivity contribution in [1.29, 1.82) is 0 Å². The Balaban J connectivity index is 1.67. The number of likely N-dealkylation sites (tertiary alicyclic amines) is 1. The molecule has 2 aliphatic rings. The van der Waals surface area contributed by atoms with Crippen molar-refractivity contribution in [1.82, 2.24) is 4.90 Å². The fourth-order valence-corrected chi connectivity index (χ4v) is 3.59. The summed E-state index contributed by atoms with van der Waals surface area (Å²) < 4.78 is 13.4. The summed E-state index contributed by atoms with van der Waals surface area (Å²) in [5, 5.41) is 9.85. The molecule has 0 spiro atoms. The van der Waals surface area contributed by atoms with Crippen molar-refractivity contribution in [3.8, 4) is 0 Å². The van der Waals surface area contributed by atoms with E-state index in [1.54, 1.807) is 6.07 Å². The normalized spacial score (nSPS) is 31.8. The van der Waals surface area contributed by atoms with Gasteiger partial charge in [0.15, 0.2) is 0 Å². The van der Waals surface area contributed by atoms with Gasteiger partial charge in [0, 0.05) is 19.6 Å². The molecule has 0 bridgehead atoms. The number of benzene rings is 1. The molecule has 1 aliphatic heterocycles. The van der Waals surface area contributed by atoms with Crippen molar-refractivity contribution in [2.24, 2.45) is 11.8 Å². The van der Waals surface area contributed by atoms with Gasteiger partial charge < -0.3 is 5.11 Å². The predicted octanol–water partition coefficient (Wildman–Crippen LogP) is 2.68. The van der Waals surface area contributed by atoms with Gasteiger partial charge in [0.25, 0.3) is 0 Å². The van der Waals surface area contributed by atoms with Gasteiger partial charge in [0.2, 0.25) is 0 Å². The first-order valence-corrected chi connectivity index (χ1v) is 6.84. The van der Waals surface area contributed by atoms with Crippen LogP contribution in [0.1, 0.15) is 18.4 Å². The van der Waals surface area contributed by atoms with Crippen LogP contribution in [0.2, 0.25) is 5.02 Å². The fourth-order valence-electron chi connectivity index (χ4n) is 3.41. The first-order chi connectivity index (χ1) is 8.63. The van der Waals surface area contributed by atoms with Crippen molar-refractivity contribution in [3.05, 3.63) is 34.6 Å². The summed E-state index contributed by atoms with van der Waals surface area (Å²) >= 11 is 5.97. The maximum atomic E-state index is 13.4. The molecule has 2 fully saturated rings. The van der Waals surface area contributed by atoms with Gasteiger partial charge in [0.05, 0.1) is 11.1 Å². The van der Waals surface area contributed by atoms with E-state index < -0.39 is 0 Å². The van der Waals surface area contributed by atoms with Gasteiger partial charge in [-0.3, -0.25) is 4.90 Å². The first kappa shape index (κ1) is 12.4. The largest absolute Gasteiger partial charge is 0.393 e. The molecule has 1 aliphatic carbocycles. The molecule has 0 radical (unpaired) electrons. The van der Waals surface area contributed by atoms with Crippen molar-refractivity contribution in [3.63, 3.8) is 0 Å². The Labute approximate surface area is 111 Å². The van der Waals surface area contributed by atoms with E-state index in [2.05, 4.69) is 4.90 Å². The van der Waals surface area contributed by atoms with E-state index in [1.807, 2.05) is 6.07 Å². The predicted molar refractivity (Wildman–Crippen MR) is 68.9 cm³/mol. The van der Waals surface area contributed by atoms with Crippen molar-refractivity contribution in [2.75, 3.05) is 13.1 Å². The fraction of sp³-hybridized carbons (Fsp3) is 0.571. The minimum atomic E-state index is -0.344. The second-order valence-electron chi connectivity index (χ2n) is 5.55. The third kappa shape index (κ3) is 2.27. The van der Waals surface area contributed by atoms with E-state index in [0.29, 0.717) is 18.4 Å². The lowest BCUT2D eigenvalue weighted by Gasteiger charge is -2.18. The van der Waals surface area contributed by atoms with Crippen LogP contribution in [0, 0.1) is 17.7 Å². The Morgan fingerprint density at radius 2 is 1.94 bits per heavy atom. The van der Waals surface area contributed by atoms with Crippen molar-refractivity contribution in [2.45, 2.75) is 25.5 Å². The molecule has 1 aromatic rings. The number of aliphatic hydroxyl groups is 1. The van der Waals surface area contributed by atoms with E-state index in [4.69, 9.17) is 11.6 Å². The lowest BCUT2D eigenvalue weighted by atomic mass is 10.0. The van der Waals surface area contributed by atoms with Gasteiger partial charge in [-0.05, 0) is 36.3 Å². The van der Waals surface area contributed by atoms with E-state index >= 15 is 0 Å². The third-order valence-corrected chi connectivity index (χ3v) is 4.65. The van der Waals surface area contributed by atoms with Gasteiger partial charge in [-0.15, -0.1) is 0 Å². The maximum Gasteiger partial charge on any atom is 0.142 e. The molecule has 18 heavy (non-hydrogen) atoms. The van der Waals surface area contributed by atoms with Crippen molar-refractivity contribution >= 4 is 11.6 Å². The first-order valence-electron chi connectivity index (χ1n) is 6.47. The molecule has 1 aromatic carbocycles. The van der Waals surface area contributed by atoms with Crippen LogP contribution in [0.5, 0.6) is 0 Å². The Bertz CT molecular complexity index is 439. The molecule has 0 amide bonds. The molecule has 1 heterocycles. The van der Waals surface area contributed by atoms with E-state index in [1.165, 1.54) is 6.07 Å². The maximum absolute atomic E-state index is 13.4. The second kappa shape index (κ2) is 4.80. The van der Waals surface area contributed by atoms with Crippen LogP contribution in [0.15, 0.2) is 18.2 Å². The van der Waals surface area contributed by atoms with Crippen LogP contribution in [-0.2, 0) is 6.54 Å². The van der Waals surface area contributed by atoms with E-state index in [-0.39, 0.29) is 16.9 Å². The van der Waals surface area contributed by atoms with Gasteiger partial charge in [-0.1, -0.05) is 23.7 Å². The number of hydrogen-bond donors (Lipinski definition) is 1. The molecule has 1 saturated heterocycles. The number of nitrogens with zero attached hydrogens (tertiary/aromatic N) is 1. The molecule has 1 saturated carbocycles. The average molecular weight is 270 g/mol. The summed E-state index contributed by atoms with van der Waals surface area (Å²) in [6.07, 6.45) is 1.72. The second-order valence-corrected chi connectivity index (χ2v) is 5.93. The molecule has 2 nitrogen and oxygen atoms in total. The van der Waals surface area contributed by atoms with Crippen LogP contribution >= 0.6 is 11.6 Å². The molecular weight excluding hydrogens is 253 g/mol.